The molecular formula is C23H22N6O3. The second-order valence-electron chi connectivity index (χ2n) is 7.68. The average molecular weight is 430 g/mol. The summed E-state index contributed by atoms with van der Waals surface area (Å²) in [4.78, 5) is 21.5. The molecule has 0 N–H and O–H groups in total. The largest absolute Gasteiger partial charge is 0.497 e. The van der Waals surface area contributed by atoms with E-state index in [-0.39, 0.29) is 11.9 Å². The number of aromatic nitrogens is 5. The van der Waals surface area contributed by atoms with Gasteiger partial charge in [0.2, 0.25) is 11.7 Å². The van der Waals surface area contributed by atoms with Crippen molar-refractivity contribution in [2.75, 3.05) is 13.7 Å². The van der Waals surface area contributed by atoms with Gasteiger partial charge in [-0.1, -0.05) is 28.9 Å². The summed E-state index contributed by atoms with van der Waals surface area (Å²) in [7, 11) is 1.61. The third kappa shape index (κ3) is 3.62. The molecule has 1 saturated heterocycles. The van der Waals surface area contributed by atoms with Crippen LogP contribution in [-0.4, -0.2) is 49.6 Å². The molecule has 0 spiro atoms. The molecule has 5 rings (SSSR count). The number of amides is 1. The first-order valence-corrected chi connectivity index (χ1v) is 10.4. The first-order valence-electron chi connectivity index (χ1n) is 10.4. The van der Waals surface area contributed by atoms with Gasteiger partial charge in [0.1, 0.15) is 11.8 Å². The Bertz CT molecular complexity index is 1250. The fourth-order valence-corrected chi connectivity index (χ4v) is 4.01. The molecule has 162 valence electrons. The Morgan fingerprint density at radius 3 is 2.81 bits per heavy atom. The number of ether oxygens (including phenoxy) is 1. The number of hydrogen-bond donors (Lipinski definition) is 0. The molecule has 9 nitrogen and oxygen atoms in total. The Kier molecular flexibility index (Phi) is 5.14. The van der Waals surface area contributed by atoms with Crippen molar-refractivity contribution < 1.29 is 14.1 Å². The Morgan fingerprint density at radius 1 is 1.16 bits per heavy atom. The quantitative estimate of drug-likeness (QED) is 0.477. The highest BCUT2D eigenvalue weighted by Crippen LogP contribution is 2.34. The van der Waals surface area contributed by atoms with E-state index in [1.165, 1.54) is 4.80 Å². The minimum absolute atomic E-state index is 0.107. The first kappa shape index (κ1) is 19.9. The van der Waals surface area contributed by atoms with Crippen LogP contribution in [0.3, 0.4) is 0 Å². The molecule has 1 atom stereocenters. The Labute approximate surface area is 184 Å². The van der Waals surface area contributed by atoms with Crippen LogP contribution in [0, 0.1) is 6.92 Å². The van der Waals surface area contributed by atoms with Gasteiger partial charge in [0.05, 0.1) is 30.8 Å². The number of methoxy groups -OCH3 is 1. The molecule has 0 radical (unpaired) electrons. The van der Waals surface area contributed by atoms with Crippen molar-refractivity contribution in [1.82, 2.24) is 30.0 Å². The molecule has 0 aliphatic carbocycles. The van der Waals surface area contributed by atoms with Crippen molar-refractivity contribution in [2.24, 2.45) is 0 Å². The molecule has 1 aliphatic rings. The summed E-state index contributed by atoms with van der Waals surface area (Å²) in [5.41, 5.74) is 2.96. The van der Waals surface area contributed by atoms with Gasteiger partial charge in [0, 0.05) is 12.1 Å². The van der Waals surface area contributed by atoms with Gasteiger partial charge in [-0.25, -0.2) is 0 Å². The molecule has 4 aromatic rings. The van der Waals surface area contributed by atoms with Gasteiger partial charge in [0.15, 0.2) is 0 Å². The van der Waals surface area contributed by atoms with Crippen molar-refractivity contribution in [3.05, 3.63) is 71.9 Å². The highest BCUT2D eigenvalue weighted by atomic mass is 16.5. The van der Waals surface area contributed by atoms with E-state index in [0.717, 1.165) is 24.0 Å². The Morgan fingerprint density at radius 2 is 2.00 bits per heavy atom. The number of benzene rings is 2. The number of nitrogens with zero attached hydrogens (tertiary/aromatic N) is 6. The topological polar surface area (TPSA) is 99.2 Å². The van der Waals surface area contributed by atoms with Gasteiger partial charge in [0.25, 0.3) is 5.91 Å². The van der Waals surface area contributed by atoms with E-state index in [2.05, 4.69) is 20.3 Å². The van der Waals surface area contributed by atoms with Crippen molar-refractivity contribution in [1.29, 1.82) is 0 Å². The van der Waals surface area contributed by atoms with Gasteiger partial charge in [-0.3, -0.25) is 4.79 Å². The molecule has 9 heteroatoms. The lowest BCUT2D eigenvalue weighted by atomic mass is 10.1. The first-order chi connectivity index (χ1) is 15.6. The zero-order chi connectivity index (χ0) is 22.1. The summed E-state index contributed by atoms with van der Waals surface area (Å²) in [5, 5.41) is 12.5. The SMILES string of the molecule is COc1cccc(-c2noc(C3CCCN3C(=O)c3cc(C)ccc3-n3nccn3)n2)c1. The Balaban J connectivity index is 1.46. The number of hydrogen-bond acceptors (Lipinski definition) is 7. The highest BCUT2D eigenvalue weighted by molar-refractivity contribution is 5.98. The van der Waals surface area contributed by atoms with E-state index < -0.39 is 0 Å². The third-order valence-electron chi connectivity index (χ3n) is 5.59. The summed E-state index contributed by atoms with van der Waals surface area (Å²) in [5.74, 6) is 1.51. The summed E-state index contributed by atoms with van der Waals surface area (Å²) < 4.78 is 10.9. The zero-order valence-corrected chi connectivity index (χ0v) is 17.8. The van der Waals surface area contributed by atoms with Crippen LogP contribution in [0.15, 0.2) is 59.4 Å². The standard InChI is InChI=1S/C23H22N6O3/c1-15-8-9-19(29-24-10-11-25-29)18(13-15)23(30)28-12-4-7-20(28)22-26-21(27-32-22)16-5-3-6-17(14-16)31-2/h3,5-6,8-11,13-14,20H,4,7,12H2,1-2H3. The predicted molar refractivity (Wildman–Crippen MR) is 115 cm³/mol. The molecule has 1 fully saturated rings. The van der Waals surface area contributed by atoms with Gasteiger partial charge < -0.3 is 14.2 Å². The molecule has 1 unspecified atom stereocenters. The molecule has 0 saturated carbocycles. The molecule has 3 heterocycles. The normalized spacial score (nSPS) is 15.8. The van der Waals surface area contributed by atoms with E-state index in [0.29, 0.717) is 35.3 Å². The van der Waals surface area contributed by atoms with Crippen LogP contribution in [0.25, 0.3) is 17.1 Å². The van der Waals surface area contributed by atoms with Crippen molar-refractivity contribution >= 4 is 5.91 Å². The summed E-state index contributed by atoms with van der Waals surface area (Å²) in [6.07, 6.45) is 4.79. The van der Waals surface area contributed by atoms with Crippen LogP contribution in [-0.2, 0) is 0 Å². The van der Waals surface area contributed by atoms with Crippen LogP contribution in [0.2, 0.25) is 0 Å². The number of likely N-dealkylation sites (tertiary alicyclic amines) is 1. The molecule has 1 aliphatic heterocycles. The number of carbonyl (C=O) groups excluding carboxylic acids is 1. The summed E-state index contributed by atoms with van der Waals surface area (Å²) in [6, 6.07) is 12.9. The van der Waals surface area contributed by atoms with E-state index in [9.17, 15) is 4.79 Å². The lowest BCUT2D eigenvalue weighted by Gasteiger charge is -2.23. The van der Waals surface area contributed by atoms with Crippen LogP contribution in [0.1, 0.15) is 40.7 Å². The van der Waals surface area contributed by atoms with E-state index >= 15 is 0 Å². The van der Waals surface area contributed by atoms with Gasteiger partial charge in [-0.05, 0) is 44.0 Å². The van der Waals surface area contributed by atoms with Gasteiger partial charge in [-0.15, -0.1) is 0 Å². The van der Waals surface area contributed by atoms with Gasteiger partial charge >= 0.3 is 0 Å². The average Bonchev–Trinajstić information content (AvgIpc) is 3.59. The molecule has 0 bridgehead atoms. The second kappa shape index (κ2) is 8.26. The summed E-state index contributed by atoms with van der Waals surface area (Å²) >= 11 is 0. The van der Waals surface area contributed by atoms with E-state index in [1.54, 1.807) is 24.4 Å². The number of aryl methyl sites for hydroxylation is 1. The fraction of sp³-hybridized carbons (Fsp3) is 0.261. The lowest BCUT2D eigenvalue weighted by Crippen LogP contribution is -2.31. The molecule has 32 heavy (non-hydrogen) atoms. The smallest absolute Gasteiger partial charge is 0.256 e. The van der Waals surface area contributed by atoms with Crippen LogP contribution < -0.4 is 4.74 Å². The second-order valence-corrected chi connectivity index (χ2v) is 7.68. The van der Waals surface area contributed by atoms with Gasteiger partial charge in [-0.2, -0.15) is 20.0 Å². The van der Waals surface area contributed by atoms with E-state index in [1.807, 2.05) is 49.4 Å². The van der Waals surface area contributed by atoms with E-state index in [4.69, 9.17) is 9.26 Å². The minimum atomic E-state index is -0.284. The zero-order valence-electron chi connectivity index (χ0n) is 17.8. The minimum Gasteiger partial charge on any atom is -0.497 e. The van der Waals surface area contributed by atoms with Crippen LogP contribution >= 0.6 is 0 Å². The fourth-order valence-electron chi connectivity index (χ4n) is 4.01. The highest BCUT2D eigenvalue weighted by Gasteiger charge is 2.35. The molecule has 1 amide bonds. The lowest BCUT2D eigenvalue weighted by molar-refractivity contribution is 0.0709. The van der Waals surface area contributed by atoms with Crippen molar-refractivity contribution in [2.45, 2.75) is 25.8 Å². The maximum absolute atomic E-state index is 13.6. The van der Waals surface area contributed by atoms with Crippen LogP contribution in [0.5, 0.6) is 5.75 Å². The molecular weight excluding hydrogens is 408 g/mol. The van der Waals surface area contributed by atoms with Crippen molar-refractivity contribution in [3.63, 3.8) is 0 Å². The molecule has 2 aromatic carbocycles. The summed E-state index contributed by atoms with van der Waals surface area (Å²) in [6.45, 7) is 2.57. The Hall–Kier alpha value is -4.01. The number of carbonyl (C=O) groups is 1. The predicted octanol–water partition coefficient (Wildman–Crippen LogP) is 3.61. The molecule has 2 aromatic heterocycles. The third-order valence-corrected chi connectivity index (χ3v) is 5.59. The maximum Gasteiger partial charge on any atom is 0.256 e. The van der Waals surface area contributed by atoms with Crippen molar-refractivity contribution in [3.8, 4) is 22.8 Å². The van der Waals surface area contributed by atoms with Crippen LogP contribution in [0.4, 0.5) is 0 Å². The monoisotopic (exact) mass is 430 g/mol. The maximum atomic E-state index is 13.6. The number of rotatable bonds is 5.